The van der Waals surface area contributed by atoms with E-state index in [1.807, 2.05) is 40.7 Å². The Labute approximate surface area is 149 Å². The Kier molecular flexibility index (Phi) is 5.69. The first-order valence-corrected chi connectivity index (χ1v) is 8.63. The van der Waals surface area contributed by atoms with E-state index in [4.69, 9.17) is 18.8 Å². The summed E-state index contributed by atoms with van der Waals surface area (Å²) < 4.78 is 23.3. The average molecular weight is 350 g/mol. The lowest BCUT2D eigenvalue weighted by atomic mass is 9.79. The van der Waals surface area contributed by atoms with Gasteiger partial charge in [-0.25, -0.2) is 4.79 Å². The summed E-state index contributed by atoms with van der Waals surface area (Å²) in [6.45, 7) is 12.0. The maximum atomic E-state index is 11.2. The summed E-state index contributed by atoms with van der Waals surface area (Å²) >= 11 is 0. The monoisotopic (exact) mass is 350 g/mol. The second kappa shape index (κ2) is 7.26. The van der Waals surface area contributed by atoms with Crippen molar-refractivity contribution in [2.45, 2.75) is 65.3 Å². The number of rotatable bonds is 7. The van der Waals surface area contributed by atoms with E-state index in [9.17, 15) is 9.90 Å². The first-order chi connectivity index (χ1) is 11.6. The van der Waals surface area contributed by atoms with Gasteiger partial charge in [0.2, 0.25) is 0 Å². The number of aliphatic carboxylic acids is 1. The van der Waals surface area contributed by atoms with Crippen molar-refractivity contribution in [3.05, 3.63) is 18.2 Å². The molecule has 0 aromatic heterocycles. The normalized spacial score (nSPS) is 19.5. The molecule has 1 aromatic rings. The van der Waals surface area contributed by atoms with Crippen LogP contribution in [0.15, 0.2) is 18.2 Å². The van der Waals surface area contributed by atoms with Crippen LogP contribution in [-0.4, -0.2) is 42.1 Å². The van der Waals surface area contributed by atoms with Crippen LogP contribution in [0, 0.1) is 0 Å². The molecule has 0 bridgehead atoms. The van der Waals surface area contributed by atoms with Gasteiger partial charge in [-0.05, 0) is 58.6 Å². The summed E-state index contributed by atoms with van der Waals surface area (Å²) in [7, 11) is -0.514. The van der Waals surface area contributed by atoms with Crippen LogP contribution in [0.4, 0.5) is 0 Å². The summed E-state index contributed by atoms with van der Waals surface area (Å²) in [4.78, 5) is 11.2. The average Bonchev–Trinajstić information content (AvgIpc) is 2.74. The lowest BCUT2D eigenvalue weighted by molar-refractivity contribution is -0.145. The van der Waals surface area contributed by atoms with Crippen LogP contribution in [0.25, 0.3) is 0 Å². The molecular weight excluding hydrogens is 323 g/mol. The van der Waals surface area contributed by atoms with Crippen molar-refractivity contribution in [2.75, 3.05) is 6.61 Å². The van der Waals surface area contributed by atoms with Gasteiger partial charge in [0.05, 0.1) is 17.8 Å². The lowest BCUT2D eigenvalue weighted by Gasteiger charge is -2.32. The smallest absolute Gasteiger partial charge is 0.490 e. The van der Waals surface area contributed by atoms with Gasteiger partial charge in [0, 0.05) is 0 Å². The number of carbonyl (C=O) groups is 1. The molecular formula is C18H27BO6. The van der Waals surface area contributed by atoms with Crippen LogP contribution >= 0.6 is 0 Å². The van der Waals surface area contributed by atoms with Gasteiger partial charge in [-0.15, -0.1) is 0 Å². The fourth-order valence-corrected chi connectivity index (χ4v) is 2.48. The second-order valence-corrected chi connectivity index (χ2v) is 7.08. The molecule has 25 heavy (non-hydrogen) atoms. The summed E-state index contributed by atoms with van der Waals surface area (Å²) in [5.74, 6) is -0.120. The molecule has 6 nitrogen and oxygen atoms in total. The minimum atomic E-state index is -1.00. The number of carboxylic acids is 1. The summed E-state index contributed by atoms with van der Waals surface area (Å²) in [6.07, 6.45) is -0.554. The summed E-state index contributed by atoms with van der Waals surface area (Å²) in [6, 6.07) is 5.31. The molecule has 1 atom stereocenters. The van der Waals surface area contributed by atoms with Crippen LogP contribution in [0.5, 0.6) is 11.5 Å². The maximum absolute atomic E-state index is 11.2. The van der Waals surface area contributed by atoms with Crippen molar-refractivity contribution in [1.82, 2.24) is 0 Å². The van der Waals surface area contributed by atoms with Gasteiger partial charge in [0.25, 0.3) is 0 Å². The standard InChI is InChI=1S/C18H27BO6/c1-7-13(16(20)21)23-14-10-9-12(11-15(14)22-8-2)19-24-17(3,4)18(5,6)25-19/h9-11,13H,7-8H2,1-6H3,(H,20,21). The lowest BCUT2D eigenvalue weighted by Crippen LogP contribution is -2.41. The fourth-order valence-electron chi connectivity index (χ4n) is 2.48. The third kappa shape index (κ3) is 4.10. The van der Waals surface area contributed by atoms with E-state index in [0.29, 0.717) is 24.5 Å². The zero-order valence-electron chi connectivity index (χ0n) is 15.8. The molecule has 1 fully saturated rings. The quantitative estimate of drug-likeness (QED) is 0.762. The molecule has 1 saturated heterocycles. The van der Waals surface area contributed by atoms with Crippen LogP contribution in [0.2, 0.25) is 0 Å². The van der Waals surface area contributed by atoms with Crippen LogP contribution < -0.4 is 14.9 Å². The van der Waals surface area contributed by atoms with Crippen LogP contribution in [0.3, 0.4) is 0 Å². The first kappa shape index (κ1) is 19.6. The Morgan fingerprint density at radius 1 is 1.16 bits per heavy atom. The minimum Gasteiger partial charge on any atom is -0.490 e. The van der Waals surface area contributed by atoms with Gasteiger partial charge in [-0.2, -0.15) is 0 Å². The van der Waals surface area contributed by atoms with Gasteiger partial charge in [-0.3, -0.25) is 0 Å². The SMILES string of the molecule is CCOc1cc(B2OC(C)(C)C(C)(C)O2)ccc1OC(CC)C(=O)O. The molecule has 1 N–H and O–H groups in total. The van der Waals surface area contributed by atoms with Gasteiger partial charge in [-0.1, -0.05) is 13.0 Å². The molecule has 0 radical (unpaired) electrons. The highest BCUT2D eigenvalue weighted by Crippen LogP contribution is 2.37. The van der Waals surface area contributed by atoms with Crippen molar-refractivity contribution in [3.63, 3.8) is 0 Å². The third-order valence-corrected chi connectivity index (χ3v) is 4.71. The largest absolute Gasteiger partial charge is 0.494 e. The van der Waals surface area contributed by atoms with Gasteiger partial charge >= 0.3 is 13.1 Å². The number of carboxylic acid groups (broad SMARTS) is 1. The minimum absolute atomic E-state index is 0.361. The van der Waals surface area contributed by atoms with E-state index >= 15 is 0 Å². The Morgan fingerprint density at radius 2 is 1.76 bits per heavy atom. The molecule has 1 unspecified atom stereocenters. The van der Waals surface area contributed by atoms with E-state index in [0.717, 1.165) is 5.46 Å². The molecule has 2 rings (SSSR count). The molecule has 0 saturated carbocycles. The summed E-state index contributed by atoms with van der Waals surface area (Å²) in [5, 5.41) is 9.19. The highest BCUT2D eigenvalue weighted by atomic mass is 16.7. The molecule has 0 spiro atoms. The van der Waals surface area contributed by atoms with Crippen molar-refractivity contribution < 1.29 is 28.7 Å². The van der Waals surface area contributed by atoms with Crippen LogP contribution in [-0.2, 0) is 14.1 Å². The van der Waals surface area contributed by atoms with Gasteiger partial charge in [0.1, 0.15) is 0 Å². The zero-order valence-corrected chi connectivity index (χ0v) is 15.8. The number of ether oxygens (including phenoxy) is 2. The Bertz CT molecular complexity index is 612. The molecule has 138 valence electrons. The van der Waals surface area contributed by atoms with E-state index in [1.54, 1.807) is 19.1 Å². The highest BCUT2D eigenvalue weighted by molar-refractivity contribution is 6.62. The van der Waals surface area contributed by atoms with E-state index < -0.39 is 30.4 Å². The fraction of sp³-hybridized carbons (Fsp3) is 0.611. The second-order valence-electron chi connectivity index (χ2n) is 7.08. The highest BCUT2D eigenvalue weighted by Gasteiger charge is 2.51. The van der Waals surface area contributed by atoms with E-state index in [-0.39, 0.29) is 0 Å². The Hall–Kier alpha value is -1.73. The molecule has 1 aromatic carbocycles. The molecule has 0 amide bonds. The molecule has 1 aliphatic heterocycles. The third-order valence-electron chi connectivity index (χ3n) is 4.71. The molecule has 7 heteroatoms. The summed E-state index contributed by atoms with van der Waals surface area (Å²) in [5.41, 5.74) is -0.0670. The van der Waals surface area contributed by atoms with Crippen molar-refractivity contribution in [3.8, 4) is 11.5 Å². The van der Waals surface area contributed by atoms with Crippen LogP contribution in [0.1, 0.15) is 48.0 Å². The maximum Gasteiger partial charge on any atom is 0.494 e. The van der Waals surface area contributed by atoms with E-state index in [2.05, 4.69) is 0 Å². The van der Waals surface area contributed by atoms with Crippen molar-refractivity contribution in [2.24, 2.45) is 0 Å². The Balaban J connectivity index is 2.28. The van der Waals surface area contributed by atoms with Crippen molar-refractivity contribution in [1.29, 1.82) is 0 Å². The molecule has 1 aliphatic rings. The number of benzene rings is 1. The predicted octanol–water partition coefficient (Wildman–Crippen LogP) is 2.63. The topological polar surface area (TPSA) is 74.2 Å². The van der Waals surface area contributed by atoms with Gasteiger partial charge < -0.3 is 23.9 Å². The molecule has 1 heterocycles. The first-order valence-electron chi connectivity index (χ1n) is 8.63. The van der Waals surface area contributed by atoms with Crippen molar-refractivity contribution >= 4 is 18.6 Å². The van der Waals surface area contributed by atoms with E-state index in [1.165, 1.54) is 0 Å². The Morgan fingerprint density at radius 3 is 2.24 bits per heavy atom. The zero-order chi connectivity index (χ0) is 18.8. The predicted molar refractivity (Wildman–Crippen MR) is 95.7 cm³/mol. The number of hydrogen-bond donors (Lipinski definition) is 1. The number of hydrogen-bond acceptors (Lipinski definition) is 5. The molecule has 0 aliphatic carbocycles. The van der Waals surface area contributed by atoms with Gasteiger partial charge in [0.15, 0.2) is 17.6 Å².